The van der Waals surface area contributed by atoms with Gasteiger partial charge in [-0.2, -0.15) is 4.98 Å². The average Bonchev–Trinajstić information content (AvgIpc) is 3.32. The van der Waals surface area contributed by atoms with Crippen LogP contribution < -0.4 is 5.32 Å². The standard InChI is InChI=1S/C18H14N4O/c1-3-15-11(5-7-19-15)9-13(1)17-21-18(23-22-17)14-2-4-16-12(10-14)6-8-20-16/h1-4,6,8-10,19-20H,5,7H2. The van der Waals surface area contributed by atoms with Crippen LogP contribution in [0.15, 0.2) is 53.2 Å². The van der Waals surface area contributed by atoms with Gasteiger partial charge in [0, 0.05) is 40.5 Å². The fraction of sp³-hybridized carbons (Fsp3) is 0.111. The van der Waals surface area contributed by atoms with E-state index in [9.17, 15) is 0 Å². The van der Waals surface area contributed by atoms with Gasteiger partial charge in [0.15, 0.2) is 0 Å². The molecule has 5 rings (SSSR count). The molecule has 0 atom stereocenters. The van der Waals surface area contributed by atoms with Gasteiger partial charge in [-0.25, -0.2) is 0 Å². The van der Waals surface area contributed by atoms with Crippen LogP contribution >= 0.6 is 0 Å². The smallest absolute Gasteiger partial charge is 0.258 e. The van der Waals surface area contributed by atoms with E-state index in [-0.39, 0.29) is 0 Å². The van der Waals surface area contributed by atoms with E-state index in [0.717, 1.165) is 35.0 Å². The van der Waals surface area contributed by atoms with Crippen LogP contribution in [-0.4, -0.2) is 21.7 Å². The fourth-order valence-electron chi connectivity index (χ4n) is 3.09. The Morgan fingerprint density at radius 2 is 1.96 bits per heavy atom. The molecule has 0 radical (unpaired) electrons. The number of aromatic nitrogens is 3. The molecule has 5 nitrogen and oxygen atoms in total. The summed E-state index contributed by atoms with van der Waals surface area (Å²) in [6.07, 6.45) is 2.96. The Bertz CT molecular complexity index is 1010. The summed E-state index contributed by atoms with van der Waals surface area (Å²) in [5.74, 6) is 1.17. The van der Waals surface area contributed by atoms with Crippen molar-refractivity contribution in [1.29, 1.82) is 0 Å². The number of fused-ring (bicyclic) bond motifs is 2. The third kappa shape index (κ3) is 2.01. The maximum Gasteiger partial charge on any atom is 0.258 e. The monoisotopic (exact) mass is 302 g/mol. The molecule has 23 heavy (non-hydrogen) atoms. The number of aromatic amines is 1. The molecule has 112 valence electrons. The summed E-state index contributed by atoms with van der Waals surface area (Å²) in [7, 11) is 0. The fourth-order valence-corrected chi connectivity index (χ4v) is 3.09. The normalized spacial score (nSPS) is 13.2. The number of benzene rings is 2. The third-order valence-corrected chi connectivity index (χ3v) is 4.30. The molecule has 1 aliphatic rings. The number of H-pyrrole nitrogens is 1. The van der Waals surface area contributed by atoms with E-state index < -0.39 is 0 Å². The maximum atomic E-state index is 5.46. The average molecular weight is 302 g/mol. The largest absolute Gasteiger partial charge is 0.384 e. The van der Waals surface area contributed by atoms with E-state index in [1.54, 1.807) is 0 Å². The summed E-state index contributed by atoms with van der Waals surface area (Å²) >= 11 is 0. The molecule has 1 aliphatic heterocycles. The molecule has 0 unspecified atom stereocenters. The second-order valence-corrected chi connectivity index (χ2v) is 5.75. The van der Waals surface area contributed by atoms with Crippen LogP contribution in [0.2, 0.25) is 0 Å². The van der Waals surface area contributed by atoms with Crippen molar-refractivity contribution in [2.24, 2.45) is 0 Å². The molecule has 0 aliphatic carbocycles. The first kappa shape index (κ1) is 12.5. The zero-order valence-electron chi connectivity index (χ0n) is 12.3. The molecule has 2 aromatic carbocycles. The molecule has 0 fully saturated rings. The van der Waals surface area contributed by atoms with E-state index in [1.807, 2.05) is 30.5 Å². The summed E-state index contributed by atoms with van der Waals surface area (Å²) < 4.78 is 5.46. The molecule has 4 aromatic rings. The number of hydrogen-bond donors (Lipinski definition) is 2. The van der Waals surface area contributed by atoms with Gasteiger partial charge in [-0.05, 0) is 54.4 Å². The SMILES string of the molecule is c1cc2cc(-c3nc(-c4ccc5c(c4)CCN5)no3)ccc2[nH]1. The van der Waals surface area contributed by atoms with Gasteiger partial charge in [0.1, 0.15) is 0 Å². The minimum Gasteiger partial charge on any atom is -0.384 e. The number of nitrogens with zero attached hydrogens (tertiary/aromatic N) is 2. The highest BCUT2D eigenvalue weighted by atomic mass is 16.5. The van der Waals surface area contributed by atoms with Gasteiger partial charge in [-0.15, -0.1) is 0 Å². The van der Waals surface area contributed by atoms with Crippen LogP contribution in [0, 0.1) is 0 Å². The molecule has 2 aromatic heterocycles. The highest BCUT2D eigenvalue weighted by Crippen LogP contribution is 2.29. The molecule has 0 saturated heterocycles. The lowest BCUT2D eigenvalue weighted by Gasteiger charge is -2.00. The Kier molecular flexibility index (Phi) is 2.55. The molecule has 0 spiro atoms. The van der Waals surface area contributed by atoms with Crippen molar-refractivity contribution in [3.63, 3.8) is 0 Å². The van der Waals surface area contributed by atoms with Crippen LogP contribution in [0.25, 0.3) is 33.7 Å². The van der Waals surface area contributed by atoms with Crippen LogP contribution in [-0.2, 0) is 6.42 Å². The third-order valence-electron chi connectivity index (χ3n) is 4.30. The van der Waals surface area contributed by atoms with Gasteiger partial charge in [0.25, 0.3) is 5.89 Å². The molecule has 2 N–H and O–H groups in total. The first-order chi connectivity index (χ1) is 11.4. The lowest BCUT2D eigenvalue weighted by atomic mass is 10.1. The van der Waals surface area contributed by atoms with Crippen LogP contribution in [0.4, 0.5) is 5.69 Å². The van der Waals surface area contributed by atoms with Crippen LogP contribution in [0.5, 0.6) is 0 Å². The van der Waals surface area contributed by atoms with Crippen molar-refractivity contribution in [2.75, 3.05) is 11.9 Å². The van der Waals surface area contributed by atoms with Crippen LogP contribution in [0.3, 0.4) is 0 Å². The predicted molar refractivity (Wildman–Crippen MR) is 89.2 cm³/mol. The number of hydrogen-bond acceptors (Lipinski definition) is 4. The Morgan fingerprint density at radius 1 is 1.00 bits per heavy atom. The summed E-state index contributed by atoms with van der Waals surface area (Å²) in [6.45, 7) is 0.993. The Hall–Kier alpha value is -3.08. The zero-order valence-corrected chi connectivity index (χ0v) is 12.3. The molecular weight excluding hydrogens is 288 g/mol. The van der Waals surface area contributed by atoms with E-state index in [4.69, 9.17) is 4.52 Å². The van der Waals surface area contributed by atoms with Gasteiger partial charge in [-0.1, -0.05) is 5.16 Å². The van der Waals surface area contributed by atoms with E-state index in [1.165, 1.54) is 11.3 Å². The first-order valence-electron chi connectivity index (χ1n) is 7.65. The highest BCUT2D eigenvalue weighted by Gasteiger charge is 2.15. The Morgan fingerprint density at radius 3 is 2.96 bits per heavy atom. The van der Waals surface area contributed by atoms with Crippen molar-refractivity contribution in [3.05, 3.63) is 54.2 Å². The van der Waals surface area contributed by atoms with Gasteiger partial charge < -0.3 is 14.8 Å². The van der Waals surface area contributed by atoms with Crippen LogP contribution in [0.1, 0.15) is 5.56 Å². The van der Waals surface area contributed by atoms with Crippen molar-refractivity contribution >= 4 is 16.6 Å². The summed E-state index contributed by atoms with van der Waals surface area (Å²) in [4.78, 5) is 7.74. The number of rotatable bonds is 2. The molecule has 3 heterocycles. The minimum atomic E-state index is 0.543. The van der Waals surface area contributed by atoms with Gasteiger partial charge in [-0.3, -0.25) is 0 Å². The highest BCUT2D eigenvalue weighted by molar-refractivity contribution is 5.83. The van der Waals surface area contributed by atoms with Gasteiger partial charge in [0.05, 0.1) is 0 Å². The Labute approximate surface area is 132 Å². The zero-order chi connectivity index (χ0) is 15.2. The lowest BCUT2D eigenvalue weighted by Crippen LogP contribution is -1.90. The minimum absolute atomic E-state index is 0.543. The van der Waals surface area contributed by atoms with E-state index >= 15 is 0 Å². The first-order valence-corrected chi connectivity index (χ1v) is 7.65. The quantitative estimate of drug-likeness (QED) is 0.590. The maximum absolute atomic E-state index is 5.46. The summed E-state index contributed by atoms with van der Waals surface area (Å²) in [5.41, 5.74) is 5.53. The summed E-state index contributed by atoms with van der Waals surface area (Å²) in [6, 6.07) is 14.3. The topological polar surface area (TPSA) is 66.7 Å². The van der Waals surface area contributed by atoms with E-state index in [2.05, 4.69) is 38.6 Å². The Balaban J connectivity index is 1.54. The lowest BCUT2D eigenvalue weighted by molar-refractivity contribution is 0.432. The molecule has 0 bridgehead atoms. The molecular formula is C18H14N4O. The second-order valence-electron chi connectivity index (χ2n) is 5.75. The molecule has 5 heteroatoms. The predicted octanol–water partition coefficient (Wildman–Crippen LogP) is 3.85. The van der Waals surface area contributed by atoms with Crippen molar-refractivity contribution in [2.45, 2.75) is 6.42 Å². The van der Waals surface area contributed by atoms with E-state index in [0.29, 0.717) is 11.7 Å². The molecule has 0 saturated carbocycles. The summed E-state index contributed by atoms with van der Waals surface area (Å²) in [5, 5.41) is 8.63. The number of nitrogens with one attached hydrogen (secondary N) is 2. The second kappa shape index (κ2) is 4.71. The van der Waals surface area contributed by atoms with Crippen molar-refractivity contribution < 1.29 is 4.52 Å². The van der Waals surface area contributed by atoms with Crippen molar-refractivity contribution in [1.82, 2.24) is 15.1 Å². The molecule has 0 amide bonds. The van der Waals surface area contributed by atoms with Gasteiger partial charge >= 0.3 is 0 Å². The van der Waals surface area contributed by atoms with Crippen molar-refractivity contribution in [3.8, 4) is 22.8 Å². The number of anilines is 1. The van der Waals surface area contributed by atoms with Gasteiger partial charge in [0.2, 0.25) is 5.82 Å².